The van der Waals surface area contributed by atoms with Gasteiger partial charge >= 0.3 is 0 Å². The molecule has 0 saturated carbocycles. The van der Waals surface area contributed by atoms with E-state index >= 15 is 0 Å². The third-order valence-electron chi connectivity index (χ3n) is 7.03. The van der Waals surface area contributed by atoms with Gasteiger partial charge in [-0.25, -0.2) is 0 Å². The highest BCUT2D eigenvalue weighted by Crippen LogP contribution is 2.46. The van der Waals surface area contributed by atoms with E-state index in [0.29, 0.717) is 0 Å². The van der Waals surface area contributed by atoms with Crippen molar-refractivity contribution in [2.24, 2.45) is 0 Å². The Morgan fingerprint density at radius 1 is 0.294 bits per heavy atom. The summed E-state index contributed by atoms with van der Waals surface area (Å²) < 4.78 is 0. The fourth-order valence-corrected chi connectivity index (χ4v) is 5.60. The lowest BCUT2D eigenvalue weighted by atomic mass is 9.84. The molecule has 7 aromatic carbocycles. The smallest absolute Gasteiger partial charge is 0.00199 e. The average molecular weight is 431 g/mol. The minimum Gasteiger partial charge on any atom is -0.0622 e. The maximum absolute atomic E-state index is 2.38. The molecule has 0 aliphatic heterocycles. The summed E-state index contributed by atoms with van der Waals surface area (Å²) in [5.74, 6) is 0. The Morgan fingerprint density at radius 3 is 1.35 bits per heavy atom. The first-order chi connectivity index (χ1) is 16.9. The SMILES string of the molecule is c1ccc(-c2c3ccccc3c(-c3cc4ccccc4c4ccccc34)c3ccccc23)cc1. The monoisotopic (exact) mass is 430 g/mol. The van der Waals surface area contributed by atoms with Crippen molar-refractivity contribution in [1.29, 1.82) is 0 Å². The van der Waals surface area contributed by atoms with Crippen LogP contribution in [0.5, 0.6) is 0 Å². The summed E-state index contributed by atoms with van der Waals surface area (Å²) in [6.45, 7) is 0. The third kappa shape index (κ3) is 2.79. The molecule has 0 saturated heterocycles. The second-order valence-corrected chi connectivity index (χ2v) is 8.90. The van der Waals surface area contributed by atoms with Crippen LogP contribution in [0.3, 0.4) is 0 Å². The highest BCUT2D eigenvalue weighted by atomic mass is 14.2. The van der Waals surface area contributed by atoms with Crippen LogP contribution in [0.25, 0.3) is 65.3 Å². The predicted molar refractivity (Wildman–Crippen MR) is 147 cm³/mol. The van der Waals surface area contributed by atoms with Crippen LogP contribution in [-0.4, -0.2) is 0 Å². The fraction of sp³-hybridized carbons (Fsp3) is 0. The zero-order valence-corrected chi connectivity index (χ0v) is 18.7. The van der Waals surface area contributed by atoms with Gasteiger partial charge in [0.05, 0.1) is 0 Å². The molecule has 0 N–H and O–H groups in total. The van der Waals surface area contributed by atoms with Gasteiger partial charge in [0.15, 0.2) is 0 Å². The Bertz CT molecular complexity index is 1790. The highest BCUT2D eigenvalue weighted by molar-refractivity contribution is 6.25. The molecule has 0 spiro atoms. The zero-order valence-electron chi connectivity index (χ0n) is 18.7. The van der Waals surface area contributed by atoms with Gasteiger partial charge in [-0.05, 0) is 71.4 Å². The maximum atomic E-state index is 2.38. The molecule has 0 fully saturated rings. The molecule has 0 bridgehead atoms. The quantitative estimate of drug-likeness (QED) is 0.189. The van der Waals surface area contributed by atoms with Gasteiger partial charge in [-0.2, -0.15) is 0 Å². The van der Waals surface area contributed by atoms with Crippen molar-refractivity contribution >= 4 is 43.1 Å². The van der Waals surface area contributed by atoms with E-state index in [9.17, 15) is 0 Å². The first kappa shape index (κ1) is 19.1. The largest absolute Gasteiger partial charge is 0.0622 e. The number of benzene rings is 7. The lowest BCUT2D eigenvalue weighted by Gasteiger charge is -2.19. The summed E-state index contributed by atoms with van der Waals surface area (Å²) in [6.07, 6.45) is 0. The Morgan fingerprint density at radius 2 is 0.735 bits per heavy atom. The minimum absolute atomic E-state index is 1.25. The van der Waals surface area contributed by atoms with E-state index in [1.165, 1.54) is 65.3 Å². The standard InChI is InChI=1S/C34H22/c1-2-12-23(13-3-1)33-28-18-8-10-20-30(28)34(31-21-11-9-19-29(31)33)32-22-24-14-4-5-15-25(24)26-16-6-7-17-27(26)32/h1-22H. The number of hydrogen-bond acceptors (Lipinski definition) is 0. The normalized spacial score (nSPS) is 11.5. The van der Waals surface area contributed by atoms with Gasteiger partial charge in [0, 0.05) is 0 Å². The summed E-state index contributed by atoms with van der Waals surface area (Å²) in [5, 5.41) is 10.3. The Hall–Kier alpha value is -4.42. The first-order valence-corrected chi connectivity index (χ1v) is 11.8. The van der Waals surface area contributed by atoms with E-state index in [0.717, 1.165) is 0 Å². The van der Waals surface area contributed by atoms with Crippen LogP contribution < -0.4 is 0 Å². The Kier molecular flexibility index (Phi) is 4.25. The second kappa shape index (κ2) is 7.57. The fourth-order valence-electron chi connectivity index (χ4n) is 5.60. The van der Waals surface area contributed by atoms with Crippen molar-refractivity contribution in [3.05, 3.63) is 133 Å². The van der Waals surface area contributed by atoms with E-state index in [1.54, 1.807) is 0 Å². The first-order valence-electron chi connectivity index (χ1n) is 11.8. The summed E-state index contributed by atoms with van der Waals surface area (Å²) in [6, 6.07) is 48.5. The van der Waals surface area contributed by atoms with Gasteiger partial charge in [-0.3, -0.25) is 0 Å². The molecule has 0 atom stereocenters. The maximum Gasteiger partial charge on any atom is -0.00199 e. The third-order valence-corrected chi connectivity index (χ3v) is 7.03. The lowest BCUT2D eigenvalue weighted by Crippen LogP contribution is -1.92. The van der Waals surface area contributed by atoms with E-state index in [1.807, 2.05) is 0 Å². The van der Waals surface area contributed by atoms with Crippen molar-refractivity contribution in [1.82, 2.24) is 0 Å². The molecule has 0 aromatic heterocycles. The van der Waals surface area contributed by atoms with Gasteiger partial charge in [0.1, 0.15) is 0 Å². The van der Waals surface area contributed by atoms with Gasteiger partial charge in [0.25, 0.3) is 0 Å². The Balaban J connectivity index is 1.72. The van der Waals surface area contributed by atoms with Crippen LogP contribution in [0.4, 0.5) is 0 Å². The molecule has 0 aliphatic rings. The molecule has 0 heterocycles. The molecule has 0 aliphatic carbocycles. The van der Waals surface area contributed by atoms with Crippen molar-refractivity contribution in [3.63, 3.8) is 0 Å². The molecule has 158 valence electrons. The van der Waals surface area contributed by atoms with Crippen LogP contribution in [0.1, 0.15) is 0 Å². The lowest BCUT2D eigenvalue weighted by molar-refractivity contribution is 1.67. The van der Waals surface area contributed by atoms with Crippen LogP contribution in [-0.2, 0) is 0 Å². The van der Waals surface area contributed by atoms with Crippen molar-refractivity contribution < 1.29 is 0 Å². The van der Waals surface area contributed by atoms with E-state index in [4.69, 9.17) is 0 Å². The molecule has 0 radical (unpaired) electrons. The highest BCUT2D eigenvalue weighted by Gasteiger charge is 2.18. The van der Waals surface area contributed by atoms with Crippen molar-refractivity contribution in [3.8, 4) is 22.3 Å². The molecular weight excluding hydrogens is 408 g/mol. The molecule has 0 unspecified atom stereocenters. The topological polar surface area (TPSA) is 0 Å². The van der Waals surface area contributed by atoms with Crippen LogP contribution >= 0.6 is 0 Å². The summed E-state index contributed by atoms with van der Waals surface area (Å²) in [7, 11) is 0. The minimum atomic E-state index is 1.25. The zero-order chi connectivity index (χ0) is 22.5. The number of hydrogen-bond donors (Lipinski definition) is 0. The molecule has 0 amide bonds. The van der Waals surface area contributed by atoms with E-state index in [2.05, 4.69) is 133 Å². The van der Waals surface area contributed by atoms with Gasteiger partial charge in [-0.1, -0.05) is 127 Å². The summed E-state index contributed by atoms with van der Waals surface area (Å²) in [4.78, 5) is 0. The Labute approximate surface area is 198 Å². The molecule has 7 rings (SSSR count). The second-order valence-electron chi connectivity index (χ2n) is 8.90. The summed E-state index contributed by atoms with van der Waals surface area (Å²) in [5.41, 5.74) is 5.17. The predicted octanol–water partition coefficient (Wildman–Crippen LogP) is 9.63. The van der Waals surface area contributed by atoms with Gasteiger partial charge in [0.2, 0.25) is 0 Å². The number of fused-ring (bicyclic) bond motifs is 5. The molecule has 0 heteroatoms. The van der Waals surface area contributed by atoms with E-state index < -0.39 is 0 Å². The van der Waals surface area contributed by atoms with E-state index in [-0.39, 0.29) is 0 Å². The van der Waals surface area contributed by atoms with Crippen LogP contribution in [0.15, 0.2) is 133 Å². The van der Waals surface area contributed by atoms with Crippen molar-refractivity contribution in [2.75, 3.05) is 0 Å². The molecular formula is C34H22. The molecule has 34 heavy (non-hydrogen) atoms. The van der Waals surface area contributed by atoms with Gasteiger partial charge < -0.3 is 0 Å². The van der Waals surface area contributed by atoms with Gasteiger partial charge in [-0.15, -0.1) is 0 Å². The summed E-state index contributed by atoms with van der Waals surface area (Å²) >= 11 is 0. The molecule has 0 nitrogen and oxygen atoms in total. The van der Waals surface area contributed by atoms with Crippen molar-refractivity contribution in [2.45, 2.75) is 0 Å². The molecule has 7 aromatic rings. The number of rotatable bonds is 2. The van der Waals surface area contributed by atoms with Crippen LogP contribution in [0, 0.1) is 0 Å². The average Bonchev–Trinajstić information content (AvgIpc) is 2.92. The van der Waals surface area contributed by atoms with Crippen LogP contribution in [0.2, 0.25) is 0 Å².